The minimum atomic E-state index is -4.56. The maximum Gasteiger partial charge on any atom is 0.418 e. The fraction of sp³-hybridized carbons (Fsp3) is 0.391. The summed E-state index contributed by atoms with van der Waals surface area (Å²) >= 11 is 0. The molecule has 2 aromatic rings. The Bertz CT molecular complexity index is 930. The van der Waals surface area contributed by atoms with Gasteiger partial charge in [0.2, 0.25) is 11.8 Å². The van der Waals surface area contributed by atoms with Crippen LogP contribution in [0.2, 0.25) is 0 Å². The molecule has 0 heterocycles. The molecule has 1 aliphatic rings. The zero-order valence-electron chi connectivity index (χ0n) is 17.3. The maximum atomic E-state index is 13.1. The third-order valence-electron chi connectivity index (χ3n) is 5.39. The molecule has 0 saturated carbocycles. The smallest absolute Gasteiger partial charge is 0.348 e. The number of fused-ring (bicyclic) bond motifs is 1. The van der Waals surface area contributed by atoms with E-state index < -0.39 is 17.6 Å². The Morgan fingerprint density at radius 1 is 1.03 bits per heavy atom. The lowest BCUT2D eigenvalue weighted by Crippen LogP contribution is -2.42. The molecule has 0 aromatic heterocycles. The lowest BCUT2D eigenvalue weighted by atomic mass is 9.88. The van der Waals surface area contributed by atoms with Crippen molar-refractivity contribution in [2.45, 2.75) is 38.4 Å². The number of carbonyl (C=O) groups excluding carboxylic acids is 2. The maximum absolute atomic E-state index is 13.1. The van der Waals surface area contributed by atoms with Crippen LogP contribution in [-0.2, 0) is 22.2 Å². The number of halogens is 3. The van der Waals surface area contributed by atoms with Crippen molar-refractivity contribution < 1.29 is 22.8 Å². The second-order valence-corrected chi connectivity index (χ2v) is 7.61. The van der Waals surface area contributed by atoms with Crippen LogP contribution in [0.25, 0.3) is 0 Å². The van der Waals surface area contributed by atoms with Gasteiger partial charge in [-0.1, -0.05) is 43.3 Å². The molecule has 3 rings (SSSR count). The van der Waals surface area contributed by atoms with Crippen molar-refractivity contribution >= 4 is 17.5 Å². The van der Waals surface area contributed by atoms with Crippen LogP contribution in [0.3, 0.4) is 0 Å². The van der Waals surface area contributed by atoms with E-state index in [1.807, 2.05) is 18.2 Å². The Hall–Kier alpha value is -2.87. The fourth-order valence-electron chi connectivity index (χ4n) is 3.86. The van der Waals surface area contributed by atoms with E-state index in [2.05, 4.69) is 16.7 Å². The molecule has 0 unspecified atom stereocenters. The number of carbonyl (C=O) groups is 2. The molecule has 1 aliphatic carbocycles. The summed E-state index contributed by atoms with van der Waals surface area (Å²) in [4.78, 5) is 26.5. The quantitative estimate of drug-likeness (QED) is 0.689. The van der Waals surface area contributed by atoms with Gasteiger partial charge in [-0.3, -0.25) is 14.5 Å². The van der Waals surface area contributed by atoms with Crippen LogP contribution in [0.5, 0.6) is 0 Å². The molecule has 0 saturated heterocycles. The van der Waals surface area contributed by atoms with Gasteiger partial charge in [-0.05, 0) is 49.1 Å². The van der Waals surface area contributed by atoms with Gasteiger partial charge in [-0.25, -0.2) is 0 Å². The summed E-state index contributed by atoms with van der Waals surface area (Å²) in [5.74, 6) is -0.818. The molecular formula is C23H26F3N3O2. The summed E-state index contributed by atoms with van der Waals surface area (Å²) in [5.41, 5.74) is 1.15. The van der Waals surface area contributed by atoms with E-state index in [0.717, 1.165) is 30.9 Å². The second kappa shape index (κ2) is 9.96. The number of hydrogen-bond acceptors (Lipinski definition) is 3. The van der Waals surface area contributed by atoms with Gasteiger partial charge in [0.25, 0.3) is 0 Å². The number of para-hydroxylation sites is 1. The number of likely N-dealkylation sites (N-methyl/N-ethyl adjacent to an activating group) is 1. The van der Waals surface area contributed by atoms with Gasteiger partial charge in [0.05, 0.1) is 30.4 Å². The topological polar surface area (TPSA) is 61.4 Å². The average Bonchev–Trinajstić information content (AvgIpc) is 2.73. The van der Waals surface area contributed by atoms with Crippen LogP contribution in [0.15, 0.2) is 48.5 Å². The fourth-order valence-corrected chi connectivity index (χ4v) is 3.86. The molecule has 0 radical (unpaired) electrons. The Labute approximate surface area is 179 Å². The number of rotatable bonds is 7. The molecule has 8 heteroatoms. The summed E-state index contributed by atoms with van der Waals surface area (Å²) in [6, 6.07) is 12.8. The molecule has 166 valence electrons. The van der Waals surface area contributed by atoms with Crippen molar-refractivity contribution in [3.63, 3.8) is 0 Å². The molecule has 2 N–H and O–H groups in total. The van der Waals surface area contributed by atoms with E-state index in [-0.39, 0.29) is 30.7 Å². The predicted molar refractivity (Wildman–Crippen MR) is 112 cm³/mol. The van der Waals surface area contributed by atoms with Crippen molar-refractivity contribution in [3.8, 4) is 0 Å². The minimum absolute atomic E-state index is 0.0104. The third kappa shape index (κ3) is 6.07. The molecule has 31 heavy (non-hydrogen) atoms. The van der Waals surface area contributed by atoms with Crippen molar-refractivity contribution in [1.82, 2.24) is 10.2 Å². The first kappa shape index (κ1) is 22.8. The standard InChI is InChI=1S/C23H26F3N3O2/c1-2-29(15-22(31)28-20-12-6-5-11-18(20)23(24,25)26)14-21(30)27-19-13-7-9-16-8-3-4-10-17(16)19/h3-6,8,10-12,19H,2,7,9,13-15H2,1H3,(H,27,30)(H,28,31)/t19-/m0/s1. The lowest BCUT2D eigenvalue weighted by Gasteiger charge is -2.27. The van der Waals surface area contributed by atoms with Gasteiger partial charge in [0, 0.05) is 0 Å². The molecule has 2 amide bonds. The third-order valence-corrected chi connectivity index (χ3v) is 5.39. The zero-order chi connectivity index (χ0) is 22.4. The first-order chi connectivity index (χ1) is 14.8. The summed E-state index contributed by atoms with van der Waals surface area (Å²) in [5, 5.41) is 5.35. The van der Waals surface area contributed by atoms with Gasteiger partial charge < -0.3 is 10.6 Å². The number of alkyl halides is 3. The molecule has 0 bridgehead atoms. The largest absolute Gasteiger partial charge is 0.418 e. The Kier molecular flexibility index (Phi) is 7.33. The van der Waals surface area contributed by atoms with E-state index in [0.29, 0.717) is 6.54 Å². The van der Waals surface area contributed by atoms with Crippen molar-refractivity contribution in [2.75, 3.05) is 25.0 Å². The molecular weight excluding hydrogens is 407 g/mol. The number of anilines is 1. The van der Waals surface area contributed by atoms with Gasteiger partial charge >= 0.3 is 6.18 Å². The first-order valence-corrected chi connectivity index (χ1v) is 10.3. The number of amides is 2. The SMILES string of the molecule is CCN(CC(=O)Nc1ccccc1C(F)(F)F)CC(=O)N[C@H]1CCCc2ccccc21. The van der Waals surface area contributed by atoms with E-state index in [9.17, 15) is 22.8 Å². The minimum Gasteiger partial charge on any atom is -0.348 e. The highest BCUT2D eigenvalue weighted by molar-refractivity contribution is 5.93. The van der Waals surface area contributed by atoms with Gasteiger partial charge in [0.15, 0.2) is 0 Å². The van der Waals surface area contributed by atoms with E-state index in [1.54, 1.807) is 11.8 Å². The number of nitrogens with one attached hydrogen (secondary N) is 2. The van der Waals surface area contributed by atoms with E-state index in [1.165, 1.54) is 23.8 Å². The Morgan fingerprint density at radius 3 is 2.45 bits per heavy atom. The van der Waals surface area contributed by atoms with Gasteiger partial charge in [0.1, 0.15) is 0 Å². The molecule has 0 aliphatic heterocycles. The van der Waals surface area contributed by atoms with Crippen LogP contribution in [0, 0.1) is 0 Å². The highest BCUT2D eigenvalue weighted by Gasteiger charge is 2.33. The predicted octanol–water partition coefficient (Wildman–Crippen LogP) is 4.16. The normalized spacial score (nSPS) is 16.0. The molecule has 5 nitrogen and oxygen atoms in total. The number of hydrogen-bond donors (Lipinski definition) is 2. The molecule has 0 spiro atoms. The molecule has 1 atom stereocenters. The molecule has 0 fully saturated rings. The van der Waals surface area contributed by atoms with Crippen LogP contribution in [0.1, 0.15) is 42.5 Å². The lowest BCUT2D eigenvalue weighted by molar-refractivity contribution is -0.137. The van der Waals surface area contributed by atoms with Crippen molar-refractivity contribution in [3.05, 3.63) is 65.2 Å². The van der Waals surface area contributed by atoms with Crippen molar-refractivity contribution in [2.24, 2.45) is 0 Å². The molecule has 2 aromatic carbocycles. The van der Waals surface area contributed by atoms with Crippen LogP contribution >= 0.6 is 0 Å². The van der Waals surface area contributed by atoms with Crippen LogP contribution < -0.4 is 10.6 Å². The average molecular weight is 433 g/mol. The first-order valence-electron chi connectivity index (χ1n) is 10.3. The number of benzene rings is 2. The van der Waals surface area contributed by atoms with Crippen LogP contribution in [0.4, 0.5) is 18.9 Å². The summed E-state index contributed by atoms with van der Waals surface area (Å²) in [6.45, 7) is 2.00. The Balaban J connectivity index is 1.57. The van der Waals surface area contributed by atoms with E-state index >= 15 is 0 Å². The number of aryl methyl sites for hydroxylation is 1. The second-order valence-electron chi connectivity index (χ2n) is 7.61. The highest BCUT2D eigenvalue weighted by atomic mass is 19.4. The summed E-state index contributed by atoms with van der Waals surface area (Å²) in [6.07, 6.45) is -1.74. The monoisotopic (exact) mass is 433 g/mol. The number of nitrogens with zero attached hydrogens (tertiary/aromatic N) is 1. The van der Waals surface area contributed by atoms with E-state index in [4.69, 9.17) is 0 Å². The highest BCUT2D eigenvalue weighted by Crippen LogP contribution is 2.34. The Morgan fingerprint density at radius 2 is 1.71 bits per heavy atom. The zero-order valence-corrected chi connectivity index (χ0v) is 17.3. The van der Waals surface area contributed by atoms with Crippen LogP contribution in [-0.4, -0.2) is 36.3 Å². The van der Waals surface area contributed by atoms with Crippen molar-refractivity contribution in [1.29, 1.82) is 0 Å². The summed E-state index contributed by atoms with van der Waals surface area (Å²) < 4.78 is 39.3. The van der Waals surface area contributed by atoms with Gasteiger partial charge in [-0.15, -0.1) is 0 Å². The van der Waals surface area contributed by atoms with Gasteiger partial charge in [-0.2, -0.15) is 13.2 Å². The summed E-state index contributed by atoms with van der Waals surface area (Å²) in [7, 11) is 0.